The van der Waals surface area contributed by atoms with Crippen LogP contribution in [0, 0.1) is 17.0 Å². The summed E-state index contributed by atoms with van der Waals surface area (Å²) in [6.45, 7) is 7.22. The number of nitrogens with zero attached hydrogens (tertiary/aromatic N) is 5. The molecule has 5 rings (SSSR count). The van der Waals surface area contributed by atoms with E-state index in [2.05, 4.69) is 25.6 Å². The van der Waals surface area contributed by atoms with Crippen molar-refractivity contribution >= 4 is 49.3 Å². The van der Waals surface area contributed by atoms with Crippen LogP contribution in [0.5, 0.6) is 0 Å². The molecule has 4 aromatic rings. The fourth-order valence-electron chi connectivity index (χ4n) is 4.94. The Morgan fingerprint density at radius 3 is 2.55 bits per heavy atom. The lowest BCUT2D eigenvalue weighted by atomic mass is 9.82. The number of carbonyl (C=O) groups excluding carboxylic acids is 2. The molecular weight excluding hydrogens is 612 g/mol. The number of carbonyl (C=O) groups is 2. The summed E-state index contributed by atoms with van der Waals surface area (Å²) < 4.78 is 36.0. The smallest absolute Gasteiger partial charge is 0.408 e. The Bertz CT molecular complexity index is 1760. The van der Waals surface area contributed by atoms with Gasteiger partial charge >= 0.3 is 6.09 Å². The zero-order chi connectivity index (χ0) is 31.8. The van der Waals surface area contributed by atoms with E-state index in [0.29, 0.717) is 28.2 Å². The van der Waals surface area contributed by atoms with E-state index in [1.807, 2.05) is 27.7 Å². The third-order valence-electron chi connectivity index (χ3n) is 7.10. The topological polar surface area (TPSA) is 135 Å². The average molecular weight is 644 g/mol. The first-order valence-corrected chi connectivity index (χ1v) is 15.9. The lowest BCUT2D eigenvalue weighted by Gasteiger charge is -2.42. The Kier molecular flexibility index (Phi) is 8.97. The molecule has 3 heterocycles. The molecule has 15 heteroatoms. The van der Waals surface area contributed by atoms with Gasteiger partial charge in [-0.2, -0.15) is 10.2 Å². The molecule has 11 nitrogen and oxygen atoms in total. The second kappa shape index (κ2) is 12.6. The molecule has 2 aromatic heterocycles. The molecule has 3 atom stereocenters. The molecule has 0 aliphatic carbocycles. The number of amides is 1. The molecule has 2 aromatic carbocycles. The summed E-state index contributed by atoms with van der Waals surface area (Å²) in [5.41, 5.74) is 0.281. The highest BCUT2D eigenvalue weighted by Crippen LogP contribution is 2.49. The Hall–Kier alpha value is -3.98. The maximum Gasteiger partial charge on any atom is 0.408 e. The first-order chi connectivity index (χ1) is 20.8. The summed E-state index contributed by atoms with van der Waals surface area (Å²) in [7, 11) is 4.14. The summed E-state index contributed by atoms with van der Waals surface area (Å²) in [5.74, 6) is -1.29. The van der Waals surface area contributed by atoms with Crippen LogP contribution in [0.25, 0.3) is 10.8 Å². The second-order valence-electron chi connectivity index (χ2n) is 11.4. The van der Waals surface area contributed by atoms with Gasteiger partial charge in [0.05, 0.1) is 35.4 Å². The highest BCUT2D eigenvalue weighted by atomic mass is 33.1. The highest BCUT2D eigenvalue weighted by molar-refractivity contribution is 8.82. The standard InChI is InChI=1S/C29H31F2N7O4S2/c1-15(43-44-27(40)29(2,3)4)12-42-28(41)33-14-38-20-11-18(31)10-19-21(20)23(35-36-26(19)39)22(25-32-13-34-37(25)5)24(38)16-6-8-17(30)9-7-16/h6-11,13,15,22,24H,12,14H2,1-5H3,(H,33,41)(H,36,39)/t15-,22-,24+/m0/s1. The van der Waals surface area contributed by atoms with E-state index in [-0.39, 0.29) is 29.0 Å². The third kappa shape index (κ3) is 6.43. The predicted octanol–water partition coefficient (Wildman–Crippen LogP) is 5.05. The van der Waals surface area contributed by atoms with Gasteiger partial charge in [0.25, 0.3) is 5.56 Å². The Balaban J connectivity index is 1.48. The number of ether oxygens (including phenoxy) is 1. The van der Waals surface area contributed by atoms with Crippen LogP contribution in [0.3, 0.4) is 0 Å². The molecule has 0 fully saturated rings. The maximum atomic E-state index is 15.0. The molecule has 1 aliphatic heterocycles. The van der Waals surface area contributed by atoms with Gasteiger partial charge in [-0.3, -0.25) is 14.3 Å². The predicted molar refractivity (Wildman–Crippen MR) is 165 cm³/mol. The summed E-state index contributed by atoms with van der Waals surface area (Å²) in [6.07, 6.45) is 0.646. The Morgan fingerprint density at radius 2 is 1.89 bits per heavy atom. The van der Waals surface area contributed by atoms with E-state index in [4.69, 9.17) is 4.74 Å². The summed E-state index contributed by atoms with van der Waals surface area (Å²) in [4.78, 5) is 44.1. The average Bonchev–Trinajstić information content (AvgIpc) is 3.40. The van der Waals surface area contributed by atoms with Crippen molar-refractivity contribution < 1.29 is 23.1 Å². The molecule has 1 aliphatic rings. The minimum atomic E-state index is -0.736. The third-order valence-corrected chi connectivity index (χ3v) is 10.1. The van der Waals surface area contributed by atoms with Crippen LogP contribution in [0.2, 0.25) is 0 Å². The van der Waals surface area contributed by atoms with Crippen LogP contribution in [-0.2, 0) is 16.6 Å². The lowest BCUT2D eigenvalue weighted by Crippen LogP contribution is -2.45. The van der Waals surface area contributed by atoms with Gasteiger partial charge in [-0.05, 0) is 47.5 Å². The highest BCUT2D eigenvalue weighted by Gasteiger charge is 2.42. The molecule has 1 amide bonds. The van der Waals surface area contributed by atoms with E-state index >= 15 is 4.39 Å². The van der Waals surface area contributed by atoms with Gasteiger partial charge in [0.2, 0.25) is 5.12 Å². The van der Waals surface area contributed by atoms with E-state index in [1.54, 1.807) is 28.8 Å². The van der Waals surface area contributed by atoms with Gasteiger partial charge in [-0.1, -0.05) is 43.7 Å². The quantitative estimate of drug-likeness (QED) is 0.251. The SMILES string of the molecule is C[C@@H](COC(=O)NCN1c2cc(F)cc3c(=O)[nH]nc(c23)[C@H](c2ncnn2C)[C@H]1c1ccc(F)cc1)SSC(=O)C(C)(C)C. The number of halogens is 2. The molecule has 0 spiro atoms. The van der Waals surface area contributed by atoms with Crippen molar-refractivity contribution in [2.45, 2.75) is 44.9 Å². The number of alkyl carbamates (subject to hydrolysis) is 1. The maximum absolute atomic E-state index is 15.0. The van der Waals surface area contributed by atoms with Crippen molar-refractivity contribution in [2.24, 2.45) is 12.5 Å². The van der Waals surface area contributed by atoms with Crippen LogP contribution in [-0.4, -0.2) is 54.7 Å². The molecule has 232 valence electrons. The van der Waals surface area contributed by atoms with Crippen LogP contribution in [0.4, 0.5) is 19.3 Å². The van der Waals surface area contributed by atoms with Gasteiger partial charge in [0.15, 0.2) is 0 Å². The lowest BCUT2D eigenvalue weighted by molar-refractivity contribution is -0.117. The number of H-pyrrole nitrogens is 1. The van der Waals surface area contributed by atoms with Crippen molar-refractivity contribution in [3.8, 4) is 0 Å². The molecular formula is C29H31F2N7O4S2. The van der Waals surface area contributed by atoms with Gasteiger partial charge in [-0.25, -0.2) is 23.7 Å². The van der Waals surface area contributed by atoms with E-state index in [0.717, 1.165) is 16.9 Å². The first kappa shape index (κ1) is 31.4. The minimum Gasteiger partial charge on any atom is -0.448 e. The number of hydrogen-bond acceptors (Lipinski definition) is 10. The van der Waals surface area contributed by atoms with Crippen molar-refractivity contribution in [1.29, 1.82) is 0 Å². The molecule has 0 saturated carbocycles. The Morgan fingerprint density at radius 1 is 1.16 bits per heavy atom. The fourth-order valence-corrected chi connectivity index (χ4v) is 7.23. The van der Waals surface area contributed by atoms with Crippen molar-refractivity contribution in [3.05, 3.63) is 81.8 Å². The second-order valence-corrected chi connectivity index (χ2v) is 14.0. The number of nitrogens with one attached hydrogen (secondary N) is 2. The molecule has 0 unspecified atom stereocenters. The van der Waals surface area contributed by atoms with E-state index in [1.165, 1.54) is 35.3 Å². The molecule has 44 heavy (non-hydrogen) atoms. The van der Waals surface area contributed by atoms with Gasteiger partial charge < -0.3 is 15.0 Å². The largest absolute Gasteiger partial charge is 0.448 e. The summed E-state index contributed by atoms with van der Waals surface area (Å²) >= 11 is 0. The van der Waals surface area contributed by atoms with Gasteiger partial charge in [-0.15, -0.1) is 0 Å². The molecule has 0 saturated heterocycles. The number of aromatic amines is 1. The van der Waals surface area contributed by atoms with Crippen LogP contribution < -0.4 is 15.8 Å². The van der Waals surface area contributed by atoms with E-state index in [9.17, 15) is 18.8 Å². The van der Waals surface area contributed by atoms with E-state index < -0.39 is 40.7 Å². The first-order valence-electron chi connectivity index (χ1n) is 13.7. The van der Waals surface area contributed by atoms with Crippen molar-refractivity contribution in [1.82, 2.24) is 30.3 Å². The van der Waals surface area contributed by atoms with Crippen LogP contribution >= 0.6 is 21.6 Å². The number of anilines is 1. The van der Waals surface area contributed by atoms with Crippen molar-refractivity contribution in [3.63, 3.8) is 0 Å². The zero-order valence-corrected chi connectivity index (χ0v) is 26.3. The van der Waals surface area contributed by atoms with Crippen LogP contribution in [0.15, 0.2) is 47.5 Å². The van der Waals surface area contributed by atoms with Gasteiger partial charge in [0.1, 0.15) is 30.4 Å². The monoisotopic (exact) mass is 643 g/mol. The van der Waals surface area contributed by atoms with Crippen molar-refractivity contribution in [2.75, 3.05) is 18.2 Å². The zero-order valence-electron chi connectivity index (χ0n) is 24.6. The van der Waals surface area contributed by atoms with Crippen LogP contribution in [0.1, 0.15) is 56.7 Å². The number of aromatic nitrogens is 5. The summed E-state index contributed by atoms with van der Waals surface area (Å²) in [6, 6.07) is 7.52. The molecule has 0 radical (unpaired) electrons. The number of hydrogen-bond donors (Lipinski definition) is 2. The normalized spacial score (nSPS) is 17.0. The number of rotatable bonds is 8. The fraction of sp³-hybridized carbons (Fsp3) is 0.379. The Labute approximate surface area is 259 Å². The molecule has 0 bridgehead atoms. The minimum absolute atomic E-state index is 0.0169. The number of aryl methyl sites for hydroxylation is 1. The van der Waals surface area contributed by atoms with Gasteiger partial charge in [0, 0.05) is 23.1 Å². The molecule has 2 N–H and O–H groups in total. The summed E-state index contributed by atoms with van der Waals surface area (Å²) in [5, 5.41) is 14.1. The number of benzene rings is 2.